The highest BCUT2D eigenvalue weighted by Crippen LogP contribution is 2.44. The molecular formula is C121H82BrN7O. The van der Waals surface area contributed by atoms with E-state index in [0.29, 0.717) is 34.9 Å². The molecule has 9 heteroatoms. The second-order valence-corrected chi connectivity index (χ2v) is 33.1. The number of fused-ring (bicyclic) bond motifs is 6. The molecule has 0 amide bonds. The predicted molar refractivity (Wildman–Crippen MR) is 543 cm³/mol. The summed E-state index contributed by atoms with van der Waals surface area (Å²) in [6.45, 7) is 0. The largest absolute Gasteiger partial charge is 0.455 e. The zero-order chi connectivity index (χ0) is 85.9. The monoisotopic (exact) mass is 1730 g/mol. The lowest BCUT2D eigenvalue weighted by molar-refractivity contribution is 0.670. The van der Waals surface area contributed by atoms with Gasteiger partial charge in [0.05, 0.1) is 11.0 Å². The first-order valence-electron chi connectivity index (χ1n) is 43.3. The molecule has 0 N–H and O–H groups in total. The van der Waals surface area contributed by atoms with E-state index in [9.17, 15) is 0 Å². The van der Waals surface area contributed by atoms with Gasteiger partial charge in [0.25, 0.3) is 0 Å². The third kappa shape index (κ3) is 16.5. The first kappa shape index (κ1) is 80.4. The van der Waals surface area contributed by atoms with Crippen LogP contribution in [0.1, 0.15) is 7.43 Å². The number of hydrogen-bond acceptors (Lipinski definition) is 7. The van der Waals surface area contributed by atoms with Gasteiger partial charge in [-0.1, -0.05) is 387 Å². The molecule has 0 bridgehead atoms. The normalized spacial score (nSPS) is 11.2. The average molecular weight is 1730 g/mol. The Morgan fingerprint density at radius 2 is 0.446 bits per heavy atom. The standard InChI is InChI=1S/C87H56N4O.C33H22BrN3.CH4/c1-4-20-57(21-5-1)61-26-14-28-63(48-61)64-29-17-32-67(51-64)71-44-47-82-79(54-71)76-38-10-12-40-81(76)91(82)75-45-42-58(43-46-75)62-27-15-35-70(49-62)74-55-78(84-80(56-74)77-39-11-13-41-83(77)92-84)72-36-18-33-68(52-72)65-30-16-31-66(50-65)69-34-19-37-73(53-69)87-89-85(59-22-6-2-7-23-59)88-86(90-87)60-24-8-3-9-25-60;34-30-19-9-17-28(22-30)26-15-7-14-25(20-26)27-16-8-18-29(21-27)33-36-31(23-10-3-1-4-11-23)35-32(37-33)24-12-5-2-6-13-24;/h1-56H;1-22H;1H4. The highest BCUT2D eigenvalue weighted by atomic mass is 79.9. The molecule has 0 spiro atoms. The molecule has 0 radical (unpaired) electrons. The summed E-state index contributed by atoms with van der Waals surface area (Å²) in [4.78, 5) is 29.6. The molecule has 4 heterocycles. The van der Waals surface area contributed by atoms with Crippen LogP contribution >= 0.6 is 15.9 Å². The van der Waals surface area contributed by atoms with Gasteiger partial charge in [-0.3, -0.25) is 0 Å². The van der Waals surface area contributed by atoms with Gasteiger partial charge < -0.3 is 8.98 Å². The number of nitrogens with zero attached hydrogens (tertiary/aromatic N) is 7. The highest BCUT2D eigenvalue weighted by Gasteiger charge is 2.22. The molecule has 0 unspecified atom stereocenters. The minimum atomic E-state index is 0. The second-order valence-electron chi connectivity index (χ2n) is 32.2. The maximum Gasteiger partial charge on any atom is 0.164 e. The summed E-state index contributed by atoms with van der Waals surface area (Å²) in [5, 5.41) is 4.62. The molecule has 0 saturated heterocycles. The lowest BCUT2D eigenvalue weighted by Gasteiger charge is -2.13. The van der Waals surface area contributed by atoms with Crippen LogP contribution in [0.15, 0.2) is 482 Å². The zero-order valence-electron chi connectivity index (χ0n) is 70.0. The Hall–Kier alpha value is -16.7. The highest BCUT2D eigenvalue weighted by molar-refractivity contribution is 9.10. The van der Waals surface area contributed by atoms with E-state index in [1.165, 1.54) is 66.3 Å². The van der Waals surface area contributed by atoms with Gasteiger partial charge in [-0.05, 0) is 215 Å². The molecule has 0 aliphatic carbocycles. The van der Waals surface area contributed by atoms with Gasteiger partial charge in [-0.25, -0.2) is 29.9 Å². The average Bonchev–Trinajstić information content (AvgIpc) is 1.59. The van der Waals surface area contributed by atoms with Crippen LogP contribution in [-0.4, -0.2) is 34.5 Å². The summed E-state index contributed by atoms with van der Waals surface area (Å²) in [6, 6.07) is 167. The van der Waals surface area contributed by atoms with E-state index in [-0.39, 0.29) is 7.43 Å². The Kier molecular flexibility index (Phi) is 22.1. The fourth-order valence-corrected chi connectivity index (χ4v) is 17.9. The van der Waals surface area contributed by atoms with E-state index < -0.39 is 0 Å². The van der Waals surface area contributed by atoms with Gasteiger partial charge in [0.2, 0.25) is 0 Å². The van der Waals surface area contributed by atoms with E-state index in [2.05, 4.69) is 360 Å². The number of benzene rings is 19. The van der Waals surface area contributed by atoms with E-state index in [1.807, 2.05) is 133 Å². The minimum Gasteiger partial charge on any atom is -0.455 e. The second kappa shape index (κ2) is 35.7. The summed E-state index contributed by atoms with van der Waals surface area (Å²) >= 11 is 3.58. The molecule has 8 nitrogen and oxygen atoms in total. The molecule has 0 fully saturated rings. The van der Waals surface area contributed by atoms with Crippen molar-refractivity contribution < 1.29 is 4.42 Å². The zero-order valence-corrected chi connectivity index (χ0v) is 71.5. The van der Waals surface area contributed by atoms with Crippen molar-refractivity contribution >= 4 is 59.7 Å². The summed E-state index contributed by atoms with van der Waals surface area (Å²) in [5.74, 6) is 3.86. The number of rotatable bonds is 17. The van der Waals surface area contributed by atoms with Crippen molar-refractivity contribution in [1.82, 2.24) is 34.5 Å². The Morgan fingerprint density at radius 1 is 0.177 bits per heavy atom. The molecule has 23 rings (SSSR count). The summed E-state index contributed by atoms with van der Waals surface area (Å²) in [5.41, 5.74) is 33.6. The lowest BCUT2D eigenvalue weighted by atomic mass is 9.92. The molecular weight excluding hydrogens is 1650 g/mol. The number of halogens is 1. The molecule has 614 valence electrons. The number of hydrogen-bond donors (Lipinski definition) is 0. The topological polar surface area (TPSA) is 95.4 Å². The van der Waals surface area contributed by atoms with E-state index in [1.54, 1.807) is 0 Å². The molecule has 0 aliphatic rings. The first-order valence-corrected chi connectivity index (χ1v) is 44.1. The van der Waals surface area contributed by atoms with Crippen molar-refractivity contribution in [2.24, 2.45) is 0 Å². The summed E-state index contributed by atoms with van der Waals surface area (Å²) in [6.07, 6.45) is 0. The SMILES string of the molecule is Brc1cccc(-c2cccc(-c3cccc(-c4nc(-c5ccccc5)nc(-c5ccccc5)n4)c3)c2)c1.C.c1ccc(-c2cccc(-c3cccc(-c4ccc5c(c4)c4ccccc4n5-c4ccc(-c5cccc(-c6cc(-c7cccc(-c8cccc(-c9cccc(-c%10nc(-c%11ccccc%11)nc(-c%11ccccc%11)n%10)c9)c8)c7)c7oc8ccccc8c7c6)c5)cc4)c3)c2)cc1. The Balaban J connectivity index is 0.000000225. The van der Waals surface area contributed by atoms with Crippen molar-refractivity contribution in [2.45, 2.75) is 7.43 Å². The quantitative estimate of drug-likeness (QED) is 0.0896. The number of furan rings is 1. The maximum absolute atomic E-state index is 6.80. The van der Waals surface area contributed by atoms with Crippen LogP contribution in [0.5, 0.6) is 0 Å². The molecule has 23 aromatic rings. The van der Waals surface area contributed by atoms with Gasteiger partial charge in [0.1, 0.15) is 11.2 Å². The Bertz CT molecular complexity index is 8000. The fraction of sp³-hybridized carbons (Fsp3) is 0.00826. The van der Waals surface area contributed by atoms with Gasteiger partial charge in [0.15, 0.2) is 34.9 Å². The van der Waals surface area contributed by atoms with Crippen LogP contribution in [0.4, 0.5) is 0 Å². The van der Waals surface area contributed by atoms with Crippen LogP contribution in [0, 0.1) is 0 Å². The third-order valence-electron chi connectivity index (χ3n) is 24.0. The van der Waals surface area contributed by atoms with Crippen molar-refractivity contribution in [2.75, 3.05) is 0 Å². The molecule has 4 aromatic heterocycles. The van der Waals surface area contributed by atoms with Crippen molar-refractivity contribution in [1.29, 1.82) is 0 Å². The number of para-hydroxylation sites is 2. The van der Waals surface area contributed by atoms with Crippen molar-refractivity contribution in [3.05, 3.63) is 478 Å². The Morgan fingerprint density at radius 3 is 0.862 bits per heavy atom. The molecule has 0 atom stereocenters. The van der Waals surface area contributed by atoms with Gasteiger partial charge in [-0.15, -0.1) is 0 Å². The first-order chi connectivity index (χ1) is 63.8. The van der Waals surface area contributed by atoms with Gasteiger partial charge in [0, 0.05) is 70.6 Å². The van der Waals surface area contributed by atoms with Crippen molar-refractivity contribution in [3.8, 4) is 185 Å². The van der Waals surface area contributed by atoms with Crippen LogP contribution < -0.4 is 0 Å². The number of aromatic nitrogens is 7. The third-order valence-corrected chi connectivity index (χ3v) is 24.5. The van der Waals surface area contributed by atoms with Crippen LogP contribution in [0.25, 0.3) is 229 Å². The van der Waals surface area contributed by atoms with Crippen LogP contribution in [0.3, 0.4) is 0 Å². The Labute approximate surface area is 763 Å². The maximum atomic E-state index is 6.80. The molecule has 130 heavy (non-hydrogen) atoms. The van der Waals surface area contributed by atoms with E-state index in [0.717, 1.165) is 132 Å². The van der Waals surface area contributed by atoms with E-state index >= 15 is 0 Å². The van der Waals surface area contributed by atoms with Crippen LogP contribution in [0.2, 0.25) is 0 Å². The smallest absolute Gasteiger partial charge is 0.164 e. The lowest BCUT2D eigenvalue weighted by Crippen LogP contribution is -2.00. The molecule has 0 aliphatic heterocycles. The minimum absolute atomic E-state index is 0. The van der Waals surface area contributed by atoms with Gasteiger partial charge in [-0.2, -0.15) is 0 Å². The summed E-state index contributed by atoms with van der Waals surface area (Å²) < 4.78 is 10.3. The van der Waals surface area contributed by atoms with E-state index in [4.69, 9.17) is 34.3 Å². The fourth-order valence-electron chi connectivity index (χ4n) is 17.5. The summed E-state index contributed by atoms with van der Waals surface area (Å²) in [7, 11) is 0. The van der Waals surface area contributed by atoms with Crippen molar-refractivity contribution in [3.63, 3.8) is 0 Å². The molecule has 19 aromatic carbocycles. The van der Waals surface area contributed by atoms with Gasteiger partial charge >= 0.3 is 0 Å². The van der Waals surface area contributed by atoms with Crippen LogP contribution in [-0.2, 0) is 0 Å². The molecule has 0 saturated carbocycles. The predicted octanol–water partition coefficient (Wildman–Crippen LogP) is 32.8.